The van der Waals surface area contributed by atoms with Gasteiger partial charge in [-0.2, -0.15) is 0 Å². The van der Waals surface area contributed by atoms with Crippen LogP contribution in [0.1, 0.15) is 62.5 Å². The minimum atomic E-state index is -1.73. The van der Waals surface area contributed by atoms with Crippen LogP contribution in [0.3, 0.4) is 0 Å². The second kappa shape index (κ2) is 16.7. The quantitative estimate of drug-likeness (QED) is 0.0643. The molecule has 0 saturated carbocycles. The molecule has 0 heterocycles. The number of nitrogens with zero attached hydrogens (tertiary/aromatic N) is 1. The lowest BCUT2D eigenvalue weighted by molar-refractivity contribution is 0.353. The molecule has 0 bridgehead atoms. The molecule has 0 amide bonds. The summed E-state index contributed by atoms with van der Waals surface area (Å²) >= 11 is 3.68. The molecule has 0 radical (unpaired) electrons. The van der Waals surface area contributed by atoms with Crippen LogP contribution in [0.5, 0.6) is 11.5 Å². The first kappa shape index (κ1) is 32.9. The number of ether oxygens (including phenoxy) is 2. The van der Waals surface area contributed by atoms with Crippen molar-refractivity contribution in [2.75, 3.05) is 20.4 Å². The van der Waals surface area contributed by atoms with Gasteiger partial charge in [-0.05, 0) is 101 Å². The molecule has 4 aromatic carbocycles. The molecule has 0 aliphatic rings. The average molecular weight is 662 g/mol. The number of rotatable bonds is 17. The summed E-state index contributed by atoms with van der Waals surface area (Å²) in [4.78, 5) is 11.5. The first-order chi connectivity index (χ1) is 21.1. The Kier molecular flexibility index (Phi) is 12.8. The standard InChI is InChI=1S/C37H44BrNO3P/c1-29-33(34(38)36(41-2)37(42-3)35(29)39-40)27-19-8-6-4-5-7-9-20-28-43(30-21-13-10-14-22-30,31-23-15-11-16-24-31)32-25-17-12-18-26-32/h10-18,21-26H,4-9,19-20,27-28H2,1-3H3/q+1. The van der Waals surface area contributed by atoms with Gasteiger partial charge in [-0.25, -0.2) is 0 Å². The zero-order valence-corrected chi connectivity index (χ0v) is 28.2. The molecule has 0 aliphatic heterocycles. The molecule has 4 aromatic rings. The third-order valence-corrected chi connectivity index (χ3v) is 13.8. The lowest BCUT2D eigenvalue weighted by atomic mass is 9.98. The molecule has 0 fully saturated rings. The van der Waals surface area contributed by atoms with E-state index in [4.69, 9.17) is 9.47 Å². The first-order valence-corrected chi connectivity index (χ1v) is 18.2. The van der Waals surface area contributed by atoms with Crippen LogP contribution in [0.4, 0.5) is 5.69 Å². The van der Waals surface area contributed by atoms with Crippen LogP contribution in [0, 0.1) is 11.8 Å². The first-order valence-electron chi connectivity index (χ1n) is 15.4. The smallest absolute Gasteiger partial charge is 0.191 e. The molecule has 0 aliphatic carbocycles. The Labute approximate surface area is 266 Å². The van der Waals surface area contributed by atoms with Gasteiger partial charge in [0.1, 0.15) is 23.2 Å². The van der Waals surface area contributed by atoms with E-state index in [1.54, 1.807) is 7.11 Å². The maximum absolute atomic E-state index is 11.5. The van der Waals surface area contributed by atoms with Crippen LogP contribution in [-0.4, -0.2) is 20.4 Å². The highest BCUT2D eigenvalue weighted by Crippen LogP contribution is 2.56. The third kappa shape index (κ3) is 7.75. The Morgan fingerprint density at radius 3 is 1.47 bits per heavy atom. The van der Waals surface area contributed by atoms with E-state index >= 15 is 0 Å². The van der Waals surface area contributed by atoms with Crippen molar-refractivity contribution in [2.24, 2.45) is 5.18 Å². The van der Waals surface area contributed by atoms with Crippen LogP contribution >= 0.6 is 23.2 Å². The zero-order valence-electron chi connectivity index (χ0n) is 25.7. The maximum atomic E-state index is 11.5. The molecule has 0 spiro atoms. The van der Waals surface area contributed by atoms with Crippen molar-refractivity contribution in [3.8, 4) is 11.5 Å². The lowest BCUT2D eigenvalue weighted by Gasteiger charge is -2.27. The van der Waals surface area contributed by atoms with Gasteiger partial charge in [-0.3, -0.25) is 0 Å². The second-order valence-corrected chi connectivity index (χ2v) is 15.5. The monoisotopic (exact) mass is 660 g/mol. The van der Waals surface area contributed by atoms with Crippen LogP contribution in [0.2, 0.25) is 0 Å². The predicted molar refractivity (Wildman–Crippen MR) is 188 cm³/mol. The summed E-state index contributed by atoms with van der Waals surface area (Å²) in [5, 5.41) is 7.65. The molecular formula is C37H44BrNO3P+. The van der Waals surface area contributed by atoms with Gasteiger partial charge in [0.2, 0.25) is 0 Å². The highest BCUT2D eigenvalue weighted by molar-refractivity contribution is 9.10. The average Bonchev–Trinajstić information content (AvgIpc) is 3.06. The molecule has 226 valence electrons. The fraction of sp³-hybridized carbons (Fsp3) is 0.351. The molecule has 0 N–H and O–H groups in total. The number of unbranched alkanes of at least 4 members (excludes halogenated alkanes) is 7. The fourth-order valence-electron chi connectivity index (χ4n) is 6.19. The Balaban J connectivity index is 1.29. The molecule has 0 unspecified atom stereocenters. The number of halogens is 1. The lowest BCUT2D eigenvalue weighted by Crippen LogP contribution is -2.33. The van der Waals surface area contributed by atoms with E-state index in [1.807, 2.05) is 6.92 Å². The van der Waals surface area contributed by atoms with Crippen molar-refractivity contribution in [1.82, 2.24) is 0 Å². The van der Waals surface area contributed by atoms with Crippen LogP contribution < -0.4 is 25.4 Å². The van der Waals surface area contributed by atoms with E-state index in [0.717, 1.165) is 34.9 Å². The minimum absolute atomic E-state index is 0.329. The van der Waals surface area contributed by atoms with E-state index in [1.165, 1.54) is 67.7 Å². The number of hydrogen-bond acceptors (Lipinski definition) is 4. The molecule has 4 rings (SSSR count). The Bertz CT molecular complexity index is 1330. The van der Waals surface area contributed by atoms with Crippen molar-refractivity contribution < 1.29 is 9.47 Å². The maximum Gasteiger partial charge on any atom is 0.191 e. The summed E-state index contributed by atoms with van der Waals surface area (Å²) < 4.78 is 11.8. The van der Waals surface area contributed by atoms with E-state index < -0.39 is 7.26 Å². The van der Waals surface area contributed by atoms with Crippen molar-refractivity contribution in [3.05, 3.63) is 112 Å². The normalized spacial score (nSPS) is 11.3. The van der Waals surface area contributed by atoms with Crippen molar-refractivity contribution >= 4 is 44.8 Å². The van der Waals surface area contributed by atoms with Crippen molar-refractivity contribution in [2.45, 2.75) is 64.7 Å². The van der Waals surface area contributed by atoms with Gasteiger partial charge in [-0.15, -0.1) is 4.91 Å². The number of benzene rings is 4. The summed E-state index contributed by atoms with van der Waals surface area (Å²) in [6.45, 7) is 1.93. The second-order valence-electron chi connectivity index (χ2n) is 11.0. The molecule has 4 nitrogen and oxygen atoms in total. The Hall–Kier alpha value is -3.01. The van der Waals surface area contributed by atoms with Crippen LogP contribution in [0.15, 0.2) is 101 Å². The third-order valence-electron chi connectivity index (χ3n) is 8.45. The van der Waals surface area contributed by atoms with Gasteiger partial charge in [-0.1, -0.05) is 86.7 Å². The molecule has 43 heavy (non-hydrogen) atoms. The van der Waals surface area contributed by atoms with Gasteiger partial charge in [0.15, 0.2) is 17.2 Å². The van der Waals surface area contributed by atoms with Gasteiger partial charge in [0.05, 0.1) is 24.9 Å². The van der Waals surface area contributed by atoms with Gasteiger partial charge in [0.25, 0.3) is 0 Å². The number of methoxy groups -OCH3 is 2. The SMILES string of the molecule is COc1c(Br)c(CCCCCCCCCC[P+](c2ccccc2)(c2ccccc2)c2ccccc2)c(C)c(N=O)c1OC. The largest absolute Gasteiger partial charge is 0.492 e. The van der Waals surface area contributed by atoms with Crippen molar-refractivity contribution in [1.29, 1.82) is 0 Å². The minimum Gasteiger partial charge on any atom is -0.492 e. The van der Waals surface area contributed by atoms with Crippen LogP contribution in [0.25, 0.3) is 0 Å². The zero-order chi connectivity index (χ0) is 30.5. The topological polar surface area (TPSA) is 47.9 Å². The number of nitroso groups, excluding NO2 is 1. The molecule has 0 atom stereocenters. The van der Waals surface area contributed by atoms with Gasteiger partial charge in [0, 0.05) is 0 Å². The molecular weight excluding hydrogens is 617 g/mol. The summed E-state index contributed by atoms with van der Waals surface area (Å²) in [5.41, 5.74) is 2.27. The van der Waals surface area contributed by atoms with E-state index in [-0.39, 0.29) is 0 Å². The summed E-state index contributed by atoms with van der Waals surface area (Å²) in [6, 6.07) is 33.6. The summed E-state index contributed by atoms with van der Waals surface area (Å²) in [7, 11) is 1.39. The van der Waals surface area contributed by atoms with E-state index in [0.29, 0.717) is 17.2 Å². The van der Waals surface area contributed by atoms with E-state index in [9.17, 15) is 4.91 Å². The fourth-order valence-corrected chi connectivity index (χ4v) is 11.4. The van der Waals surface area contributed by atoms with Gasteiger partial charge >= 0.3 is 0 Å². The summed E-state index contributed by atoms with van der Waals surface area (Å²) in [6.07, 6.45) is 11.8. The van der Waals surface area contributed by atoms with Crippen LogP contribution in [-0.2, 0) is 6.42 Å². The molecule has 6 heteroatoms. The van der Waals surface area contributed by atoms with Gasteiger partial charge < -0.3 is 9.47 Å². The highest BCUT2D eigenvalue weighted by Gasteiger charge is 2.44. The number of hydrogen-bond donors (Lipinski definition) is 0. The summed E-state index contributed by atoms with van der Waals surface area (Å²) in [5.74, 6) is 0.928. The predicted octanol–water partition coefficient (Wildman–Crippen LogP) is 9.83. The molecule has 0 saturated heterocycles. The molecule has 0 aromatic heterocycles. The van der Waals surface area contributed by atoms with Crippen molar-refractivity contribution in [3.63, 3.8) is 0 Å². The Morgan fingerprint density at radius 1 is 0.628 bits per heavy atom. The van der Waals surface area contributed by atoms with E-state index in [2.05, 4.69) is 112 Å². The Morgan fingerprint density at radius 2 is 1.05 bits per heavy atom. The highest BCUT2D eigenvalue weighted by atomic mass is 79.9.